The number of thiophene rings is 1. The number of hydrogen-bond donors (Lipinski definition) is 2. The maximum absolute atomic E-state index is 12.1. The zero-order chi connectivity index (χ0) is 18.9. The summed E-state index contributed by atoms with van der Waals surface area (Å²) in [6.45, 7) is 3.01. The average molecular weight is 374 g/mol. The first-order chi connectivity index (χ1) is 12.5. The summed E-state index contributed by atoms with van der Waals surface area (Å²) < 4.78 is 0. The lowest BCUT2D eigenvalue weighted by molar-refractivity contribution is -0.121. The third-order valence-electron chi connectivity index (χ3n) is 4.27. The largest absolute Gasteiger partial charge is 0.354 e. The number of aryl methyl sites for hydroxylation is 1. The molecule has 2 amide bonds. The van der Waals surface area contributed by atoms with Crippen molar-refractivity contribution in [2.75, 3.05) is 27.2 Å². The second-order valence-electron chi connectivity index (χ2n) is 6.36. The molecule has 6 heteroatoms. The van der Waals surface area contributed by atoms with Crippen molar-refractivity contribution in [2.45, 2.75) is 25.8 Å². The fraction of sp³-hybridized carbons (Fsp3) is 0.400. The summed E-state index contributed by atoms with van der Waals surface area (Å²) in [6.07, 6.45) is 1.28. The molecule has 1 aromatic carbocycles. The molecule has 0 aliphatic carbocycles. The lowest BCUT2D eigenvalue weighted by Crippen LogP contribution is -2.36. The van der Waals surface area contributed by atoms with E-state index >= 15 is 0 Å². The Kier molecular flexibility index (Phi) is 7.81. The normalized spacial score (nSPS) is 12.0. The van der Waals surface area contributed by atoms with Crippen molar-refractivity contribution in [3.05, 3.63) is 57.8 Å². The van der Waals surface area contributed by atoms with E-state index in [9.17, 15) is 9.59 Å². The summed E-state index contributed by atoms with van der Waals surface area (Å²) in [7, 11) is 4.01. The van der Waals surface area contributed by atoms with Gasteiger partial charge in [-0.1, -0.05) is 37.3 Å². The van der Waals surface area contributed by atoms with Gasteiger partial charge in [0.15, 0.2) is 0 Å². The van der Waals surface area contributed by atoms with Crippen molar-refractivity contribution >= 4 is 23.2 Å². The van der Waals surface area contributed by atoms with Gasteiger partial charge in [-0.25, -0.2) is 0 Å². The van der Waals surface area contributed by atoms with Crippen LogP contribution >= 0.6 is 11.3 Å². The SMILES string of the molecule is CCc1ccc([C@H](CNC(=O)CCNC(=O)c2cccs2)N(C)C)cc1. The maximum Gasteiger partial charge on any atom is 0.261 e. The van der Waals surface area contributed by atoms with Crippen LogP contribution in [-0.4, -0.2) is 43.9 Å². The number of amides is 2. The molecule has 2 aromatic rings. The van der Waals surface area contributed by atoms with Crippen molar-refractivity contribution in [3.8, 4) is 0 Å². The van der Waals surface area contributed by atoms with Crippen molar-refractivity contribution in [1.29, 1.82) is 0 Å². The highest BCUT2D eigenvalue weighted by atomic mass is 32.1. The standard InChI is InChI=1S/C20H27N3O2S/c1-4-15-7-9-16(10-8-15)17(23(2)3)14-22-19(24)11-12-21-20(25)18-6-5-13-26-18/h5-10,13,17H,4,11-12,14H2,1-3H3,(H,21,25)(H,22,24)/t17-/m0/s1. The minimum atomic E-state index is -0.130. The molecule has 0 saturated carbocycles. The lowest BCUT2D eigenvalue weighted by atomic mass is 10.0. The van der Waals surface area contributed by atoms with E-state index < -0.39 is 0 Å². The average Bonchev–Trinajstić information content (AvgIpc) is 3.17. The molecule has 0 aliphatic heterocycles. The second-order valence-corrected chi connectivity index (χ2v) is 7.31. The van der Waals surface area contributed by atoms with Gasteiger partial charge in [0, 0.05) is 19.5 Å². The van der Waals surface area contributed by atoms with Crippen LogP contribution in [0.1, 0.15) is 40.2 Å². The first-order valence-electron chi connectivity index (χ1n) is 8.85. The van der Waals surface area contributed by atoms with Crippen LogP contribution in [0.5, 0.6) is 0 Å². The number of nitrogens with zero attached hydrogens (tertiary/aromatic N) is 1. The van der Waals surface area contributed by atoms with Crippen LogP contribution in [0.4, 0.5) is 0 Å². The first kappa shape index (κ1) is 20.1. The summed E-state index contributed by atoms with van der Waals surface area (Å²) in [5.41, 5.74) is 2.48. The van der Waals surface area contributed by atoms with Gasteiger partial charge in [0.05, 0.1) is 10.9 Å². The number of carbonyl (C=O) groups excluding carboxylic acids is 2. The predicted molar refractivity (Wildman–Crippen MR) is 107 cm³/mol. The Bertz CT molecular complexity index is 696. The molecule has 0 bridgehead atoms. The summed E-state index contributed by atoms with van der Waals surface area (Å²) in [5, 5.41) is 7.60. The van der Waals surface area contributed by atoms with Gasteiger partial charge in [-0.15, -0.1) is 11.3 Å². The number of hydrogen-bond acceptors (Lipinski definition) is 4. The molecule has 1 aromatic heterocycles. The highest BCUT2D eigenvalue weighted by Gasteiger charge is 2.15. The van der Waals surface area contributed by atoms with Crippen LogP contribution < -0.4 is 10.6 Å². The molecule has 0 radical (unpaired) electrons. The van der Waals surface area contributed by atoms with Crippen molar-refractivity contribution in [3.63, 3.8) is 0 Å². The highest BCUT2D eigenvalue weighted by Crippen LogP contribution is 2.18. The Morgan fingerprint density at radius 3 is 2.42 bits per heavy atom. The van der Waals surface area contributed by atoms with Gasteiger partial charge in [-0.05, 0) is 43.1 Å². The molecule has 0 unspecified atom stereocenters. The number of carbonyl (C=O) groups is 2. The van der Waals surface area contributed by atoms with E-state index in [1.165, 1.54) is 22.5 Å². The van der Waals surface area contributed by atoms with Gasteiger partial charge < -0.3 is 15.5 Å². The van der Waals surface area contributed by atoms with Gasteiger partial charge in [0.1, 0.15) is 0 Å². The Hall–Kier alpha value is -2.18. The number of nitrogens with one attached hydrogen (secondary N) is 2. The van der Waals surface area contributed by atoms with E-state index in [0.717, 1.165) is 6.42 Å². The summed E-state index contributed by atoms with van der Waals surface area (Å²) >= 11 is 1.39. The molecule has 2 N–H and O–H groups in total. The Balaban J connectivity index is 1.78. The minimum absolute atomic E-state index is 0.0616. The molecule has 1 heterocycles. The maximum atomic E-state index is 12.1. The quantitative estimate of drug-likeness (QED) is 0.710. The summed E-state index contributed by atoms with van der Waals surface area (Å²) in [4.78, 5) is 26.7. The van der Waals surface area contributed by atoms with Crippen LogP contribution in [0.15, 0.2) is 41.8 Å². The molecule has 0 aliphatic rings. The zero-order valence-electron chi connectivity index (χ0n) is 15.6. The molecule has 2 rings (SSSR count). The van der Waals surface area contributed by atoms with Crippen molar-refractivity contribution in [1.82, 2.24) is 15.5 Å². The molecule has 26 heavy (non-hydrogen) atoms. The predicted octanol–water partition coefficient (Wildman–Crippen LogP) is 2.85. The molecule has 5 nitrogen and oxygen atoms in total. The van der Waals surface area contributed by atoms with Crippen LogP contribution in [0.3, 0.4) is 0 Å². The smallest absolute Gasteiger partial charge is 0.261 e. The molecular weight excluding hydrogens is 346 g/mol. The number of likely N-dealkylation sites (N-methyl/N-ethyl adjacent to an activating group) is 1. The molecule has 1 atom stereocenters. The van der Waals surface area contributed by atoms with Crippen molar-refractivity contribution in [2.24, 2.45) is 0 Å². The molecule has 140 valence electrons. The van der Waals surface area contributed by atoms with Gasteiger partial charge in [0.2, 0.25) is 5.91 Å². The third kappa shape index (κ3) is 5.97. The van der Waals surface area contributed by atoms with E-state index in [2.05, 4.69) is 46.7 Å². The molecule has 0 saturated heterocycles. The van der Waals surface area contributed by atoms with E-state index in [0.29, 0.717) is 18.0 Å². The van der Waals surface area contributed by atoms with Crippen LogP contribution in [-0.2, 0) is 11.2 Å². The van der Waals surface area contributed by atoms with E-state index in [1.54, 1.807) is 6.07 Å². The fourth-order valence-electron chi connectivity index (χ4n) is 2.66. The second kappa shape index (κ2) is 10.1. The topological polar surface area (TPSA) is 61.4 Å². The van der Waals surface area contributed by atoms with Gasteiger partial charge in [-0.2, -0.15) is 0 Å². The van der Waals surface area contributed by atoms with Crippen LogP contribution in [0.2, 0.25) is 0 Å². The van der Waals surface area contributed by atoms with Gasteiger partial charge in [0.25, 0.3) is 5.91 Å². The third-order valence-corrected chi connectivity index (χ3v) is 5.14. The first-order valence-corrected chi connectivity index (χ1v) is 9.73. The van der Waals surface area contributed by atoms with E-state index in [1.807, 2.05) is 25.5 Å². The van der Waals surface area contributed by atoms with E-state index in [-0.39, 0.29) is 24.3 Å². The zero-order valence-corrected chi connectivity index (χ0v) is 16.4. The molecule has 0 fully saturated rings. The monoisotopic (exact) mass is 373 g/mol. The Labute approximate surface area is 159 Å². The summed E-state index contributed by atoms with van der Waals surface area (Å²) in [6, 6.07) is 12.2. The van der Waals surface area contributed by atoms with Gasteiger partial charge in [-0.3, -0.25) is 9.59 Å². The number of benzene rings is 1. The fourth-order valence-corrected chi connectivity index (χ4v) is 3.30. The van der Waals surface area contributed by atoms with Crippen molar-refractivity contribution < 1.29 is 9.59 Å². The van der Waals surface area contributed by atoms with Crippen LogP contribution in [0.25, 0.3) is 0 Å². The highest BCUT2D eigenvalue weighted by molar-refractivity contribution is 7.12. The Morgan fingerprint density at radius 2 is 1.85 bits per heavy atom. The summed E-state index contributed by atoms with van der Waals surface area (Å²) in [5.74, 6) is -0.191. The van der Waals surface area contributed by atoms with Gasteiger partial charge >= 0.3 is 0 Å². The Morgan fingerprint density at radius 1 is 1.12 bits per heavy atom. The number of rotatable bonds is 9. The minimum Gasteiger partial charge on any atom is -0.354 e. The molecular formula is C20H27N3O2S. The lowest BCUT2D eigenvalue weighted by Gasteiger charge is -2.25. The molecule has 0 spiro atoms. The van der Waals surface area contributed by atoms with Crippen LogP contribution in [0, 0.1) is 0 Å². The van der Waals surface area contributed by atoms with E-state index in [4.69, 9.17) is 0 Å².